The number of benzene rings is 2. The van der Waals surface area contributed by atoms with Crippen molar-refractivity contribution in [2.45, 2.75) is 38.3 Å². The van der Waals surface area contributed by atoms with E-state index in [-0.39, 0.29) is 24.1 Å². The van der Waals surface area contributed by atoms with Gasteiger partial charge in [-0.05, 0) is 86.0 Å². The number of carbonyl (C=O) groups is 1. The van der Waals surface area contributed by atoms with Crippen molar-refractivity contribution in [3.63, 3.8) is 0 Å². The molecule has 1 aliphatic rings. The van der Waals surface area contributed by atoms with Crippen LogP contribution in [-0.4, -0.2) is 47.7 Å². The molecule has 0 saturated carbocycles. The Bertz CT molecular complexity index is 1290. The number of aromatic nitrogens is 1. The molecule has 5 nitrogen and oxygen atoms in total. The minimum absolute atomic E-state index is 0.0871. The van der Waals surface area contributed by atoms with Crippen LogP contribution in [0, 0.1) is 29.5 Å². The second-order valence-electron chi connectivity index (χ2n) is 9.59. The van der Waals surface area contributed by atoms with Gasteiger partial charge in [0, 0.05) is 24.5 Å². The maximum Gasteiger partial charge on any atom is 0.303 e. The molecule has 1 aromatic heterocycles. The number of alkyl halides is 1. The van der Waals surface area contributed by atoms with E-state index < -0.39 is 12.1 Å². The van der Waals surface area contributed by atoms with Crippen LogP contribution in [0.15, 0.2) is 54.7 Å². The molecule has 37 heavy (non-hydrogen) atoms. The fraction of sp³-hybridized carbons (Fsp3) is 0.400. The summed E-state index contributed by atoms with van der Waals surface area (Å²) in [6.45, 7) is 1.99. The third-order valence-electron chi connectivity index (χ3n) is 7.21. The fourth-order valence-electron chi connectivity index (χ4n) is 5.19. The van der Waals surface area contributed by atoms with Crippen molar-refractivity contribution in [2.24, 2.45) is 11.8 Å². The first kappa shape index (κ1) is 26.6. The van der Waals surface area contributed by atoms with Crippen molar-refractivity contribution in [1.82, 2.24) is 9.88 Å². The van der Waals surface area contributed by atoms with E-state index >= 15 is 4.39 Å². The molecule has 0 spiro atoms. The Morgan fingerprint density at radius 1 is 1.22 bits per heavy atom. The molecule has 0 radical (unpaired) electrons. The Kier molecular flexibility index (Phi) is 9.08. The second kappa shape index (κ2) is 12.6. The number of hydrogen-bond donors (Lipinski definition) is 1. The van der Waals surface area contributed by atoms with Gasteiger partial charge in [0.05, 0.1) is 24.7 Å². The molecule has 3 atom stereocenters. The van der Waals surface area contributed by atoms with E-state index in [0.29, 0.717) is 49.2 Å². The maximum absolute atomic E-state index is 15.5. The number of methoxy groups -OCH3 is 1. The van der Waals surface area contributed by atoms with E-state index in [1.54, 1.807) is 37.6 Å². The van der Waals surface area contributed by atoms with Crippen molar-refractivity contribution in [3.05, 3.63) is 71.7 Å². The van der Waals surface area contributed by atoms with Crippen LogP contribution in [0.4, 0.5) is 8.78 Å². The zero-order valence-electron chi connectivity index (χ0n) is 21.0. The lowest BCUT2D eigenvalue weighted by Gasteiger charge is -2.38. The number of rotatable bonds is 9. The average molecular weight is 507 g/mol. The third kappa shape index (κ3) is 7.05. The molecule has 3 aromatic rings. The van der Waals surface area contributed by atoms with Gasteiger partial charge in [-0.1, -0.05) is 24.0 Å². The molecule has 2 heterocycles. The maximum atomic E-state index is 15.5. The van der Waals surface area contributed by atoms with Crippen LogP contribution in [0.5, 0.6) is 5.75 Å². The van der Waals surface area contributed by atoms with Gasteiger partial charge in [0.1, 0.15) is 17.7 Å². The van der Waals surface area contributed by atoms with Crippen LogP contribution in [0.25, 0.3) is 10.9 Å². The van der Waals surface area contributed by atoms with Gasteiger partial charge in [0.15, 0.2) is 0 Å². The molecule has 0 unspecified atom stereocenters. The summed E-state index contributed by atoms with van der Waals surface area (Å²) in [5.74, 6) is 5.82. The van der Waals surface area contributed by atoms with Crippen molar-refractivity contribution in [3.8, 4) is 17.6 Å². The van der Waals surface area contributed by atoms with Gasteiger partial charge in [-0.3, -0.25) is 14.7 Å². The highest BCUT2D eigenvalue weighted by molar-refractivity contribution is 5.83. The zero-order chi connectivity index (χ0) is 26.2. The molecule has 0 amide bonds. The molecule has 1 N–H and O–H groups in total. The summed E-state index contributed by atoms with van der Waals surface area (Å²) in [4.78, 5) is 17.8. The lowest BCUT2D eigenvalue weighted by Crippen LogP contribution is -2.41. The smallest absolute Gasteiger partial charge is 0.303 e. The summed E-state index contributed by atoms with van der Waals surface area (Å²) < 4.78 is 34.7. The summed E-state index contributed by atoms with van der Waals surface area (Å²) in [6, 6.07) is 13.6. The number of likely N-dealkylation sites (tertiary alicyclic amines) is 1. The Hall–Kier alpha value is -3.50. The monoisotopic (exact) mass is 506 g/mol. The summed E-state index contributed by atoms with van der Waals surface area (Å²) in [5.41, 5.74) is 1.70. The fourth-order valence-corrected chi connectivity index (χ4v) is 5.19. The van der Waals surface area contributed by atoms with E-state index in [1.807, 2.05) is 18.2 Å². The number of carboxylic acids is 1. The van der Waals surface area contributed by atoms with Gasteiger partial charge in [-0.2, -0.15) is 0 Å². The largest absolute Gasteiger partial charge is 0.497 e. The van der Waals surface area contributed by atoms with Crippen LogP contribution >= 0.6 is 0 Å². The number of ether oxygens (including phenoxy) is 1. The Balaban J connectivity index is 1.40. The molecule has 1 saturated heterocycles. The highest BCUT2D eigenvalue weighted by atomic mass is 19.1. The highest BCUT2D eigenvalue weighted by Crippen LogP contribution is 2.36. The van der Waals surface area contributed by atoms with Crippen LogP contribution in [0.3, 0.4) is 0 Å². The summed E-state index contributed by atoms with van der Waals surface area (Å²) in [5, 5.41) is 10.0. The first-order valence-corrected chi connectivity index (χ1v) is 12.7. The first-order valence-electron chi connectivity index (χ1n) is 12.7. The number of fused-ring (bicyclic) bond motifs is 1. The Morgan fingerprint density at radius 3 is 2.84 bits per heavy atom. The Morgan fingerprint density at radius 2 is 2.05 bits per heavy atom. The summed E-state index contributed by atoms with van der Waals surface area (Å²) in [7, 11) is 1.58. The lowest BCUT2D eigenvalue weighted by atomic mass is 9.79. The minimum atomic E-state index is -1.15. The van der Waals surface area contributed by atoms with Gasteiger partial charge >= 0.3 is 5.97 Å². The quantitative estimate of drug-likeness (QED) is 0.359. The van der Waals surface area contributed by atoms with E-state index in [9.17, 15) is 14.3 Å². The predicted molar refractivity (Wildman–Crippen MR) is 140 cm³/mol. The van der Waals surface area contributed by atoms with Crippen molar-refractivity contribution in [2.75, 3.05) is 26.7 Å². The molecule has 194 valence electrons. The highest BCUT2D eigenvalue weighted by Gasteiger charge is 2.30. The minimum Gasteiger partial charge on any atom is -0.497 e. The number of nitrogens with zero attached hydrogens (tertiary/aromatic N) is 2. The zero-order valence-corrected chi connectivity index (χ0v) is 21.0. The average Bonchev–Trinajstić information content (AvgIpc) is 2.91. The number of hydrogen-bond acceptors (Lipinski definition) is 4. The topological polar surface area (TPSA) is 62.7 Å². The number of pyridine rings is 1. The predicted octanol–water partition coefficient (Wildman–Crippen LogP) is 6.03. The normalized spacial score (nSPS) is 18.7. The van der Waals surface area contributed by atoms with Crippen molar-refractivity contribution >= 4 is 16.9 Å². The number of halogens is 2. The standard InChI is InChI=1S/C30H32F2N2O3/c1-37-24-10-12-29-26(19-24)25(14-16-33-29)28(32)11-8-21-15-18-34(20-23(21)9-13-30(35)36)17-4-6-22-5-2-3-7-27(22)31/h2-3,5,7,10,12,14,16,19,21,23,28H,8-9,11,13,15,17-18,20H2,1H3,(H,35,36)/t21-,23-,28-/m1/s1. The molecular weight excluding hydrogens is 474 g/mol. The molecule has 7 heteroatoms. The third-order valence-corrected chi connectivity index (χ3v) is 7.21. The summed E-state index contributed by atoms with van der Waals surface area (Å²) in [6.07, 6.45) is 3.00. The van der Waals surface area contributed by atoms with E-state index in [4.69, 9.17) is 4.74 Å². The molecule has 4 rings (SSSR count). The van der Waals surface area contributed by atoms with E-state index in [2.05, 4.69) is 21.7 Å². The molecule has 2 aromatic carbocycles. The van der Waals surface area contributed by atoms with Gasteiger partial charge in [0.2, 0.25) is 0 Å². The van der Waals surface area contributed by atoms with Gasteiger partial charge < -0.3 is 9.84 Å². The number of piperidine rings is 1. The van der Waals surface area contributed by atoms with Crippen LogP contribution in [-0.2, 0) is 4.79 Å². The molecular formula is C30H32F2N2O3. The number of carboxylic acid groups (broad SMARTS) is 1. The molecule has 0 bridgehead atoms. The van der Waals surface area contributed by atoms with Crippen molar-refractivity contribution < 1.29 is 23.4 Å². The van der Waals surface area contributed by atoms with E-state index in [0.717, 1.165) is 23.9 Å². The van der Waals surface area contributed by atoms with Gasteiger partial charge in [-0.15, -0.1) is 0 Å². The van der Waals surface area contributed by atoms with Crippen molar-refractivity contribution in [1.29, 1.82) is 0 Å². The first-order chi connectivity index (χ1) is 17.9. The Labute approximate surface area is 216 Å². The van der Waals surface area contributed by atoms with Crippen LogP contribution in [0.2, 0.25) is 0 Å². The molecule has 1 aliphatic heterocycles. The SMILES string of the molecule is COc1ccc2nccc([C@H](F)CC[C@@H]3CCN(CC#Cc4ccccc4F)C[C@H]3CCC(=O)O)c2c1. The van der Waals surface area contributed by atoms with Crippen LogP contribution in [0.1, 0.15) is 49.4 Å². The van der Waals surface area contributed by atoms with E-state index in [1.165, 1.54) is 6.07 Å². The summed E-state index contributed by atoms with van der Waals surface area (Å²) >= 11 is 0. The van der Waals surface area contributed by atoms with Gasteiger partial charge in [-0.25, -0.2) is 8.78 Å². The van der Waals surface area contributed by atoms with Gasteiger partial charge in [0.25, 0.3) is 0 Å². The number of aliphatic carboxylic acids is 1. The van der Waals surface area contributed by atoms with Crippen LogP contribution < -0.4 is 4.74 Å². The molecule has 0 aliphatic carbocycles. The molecule has 1 fully saturated rings. The lowest BCUT2D eigenvalue weighted by molar-refractivity contribution is -0.137. The second-order valence-corrected chi connectivity index (χ2v) is 9.59.